The minimum absolute atomic E-state index is 0.0783. The highest BCUT2D eigenvalue weighted by atomic mass is 32.2. The lowest BCUT2D eigenvalue weighted by Gasteiger charge is -2.30. The maximum Gasteiger partial charge on any atom is 0.309 e. The van der Waals surface area contributed by atoms with Crippen LogP contribution >= 0.6 is 0 Å². The molecule has 2 aliphatic rings. The number of amides is 1. The van der Waals surface area contributed by atoms with Crippen molar-refractivity contribution in [2.75, 3.05) is 59.4 Å². The second kappa shape index (κ2) is 12.0. The Kier molecular flexibility index (Phi) is 8.87. The molecular weight excluding hydrogens is 566 g/mol. The Morgan fingerprint density at radius 1 is 1.00 bits per heavy atom. The number of carbonyl (C=O) groups is 2. The highest BCUT2D eigenvalue weighted by Gasteiger charge is 2.34. The normalized spacial score (nSPS) is 16.4. The van der Waals surface area contributed by atoms with E-state index in [2.05, 4.69) is 5.32 Å². The Bertz CT molecular complexity index is 1480. The van der Waals surface area contributed by atoms with Crippen molar-refractivity contribution in [2.45, 2.75) is 22.6 Å². The number of hydrogen-bond acceptors (Lipinski definition) is 10. The van der Waals surface area contributed by atoms with Crippen LogP contribution in [0.15, 0.2) is 46.2 Å². The number of carbonyl (C=O) groups excluding carboxylic acids is 2. The molecular formula is C25H31N3O10S2. The van der Waals surface area contributed by atoms with Crippen molar-refractivity contribution in [3.63, 3.8) is 0 Å². The van der Waals surface area contributed by atoms with Gasteiger partial charge in [-0.25, -0.2) is 21.1 Å². The van der Waals surface area contributed by atoms with E-state index in [1.54, 1.807) is 6.07 Å². The van der Waals surface area contributed by atoms with Gasteiger partial charge >= 0.3 is 5.97 Å². The van der Waals surface area contributed by atoms with Gasteiger partial charge in [-0.05, 0) is 43.2 Å². The highest BCUT2D eigenvalue weighted by molar-refractivity contribution is 7.89. The van der Waals surface area contributed by atoms with Crippen LogP contribution in [0.25, 0.3) is 0 Å². The highest BCUT2D eigenvalue weighted by Crippen LogP contribution is 2.34. The number of anilines is 1. The van der Waals surface area contributed by atoms with E-state index in [1.807, 2.05) is 0 Å². The van der Waals surface area contributed by atoms with Gasteiger partial charge in [0.15, 0.2) is 18.1 Å². The molecule has 0 spiro atoms. The summed E-state index contributed by atoms with van der Waals surface area (Å²) < 4.78 is 74.9. The van der Waals surface area contributed by atoms with E-state index < -0.39 is 44.4 Å². The van der Waals surface area contributed by atoms with E-state index in [4.69, 9.17) is 18.9 Å². The molecule has 15 heteroatoms. The number of esters is 1. The lowest BCUT2D eigenvalue weighted by molar-refractivity contribution is -0.152. The second-order valence-electron chi connectivity index (χ2n) is 9.29. The van der Waals surface area contributed by atoms with Crippen LogP contribution in [-0.2, 0) is 34.4 Å². The summed E-state index contributed by atoms with van der Waals surface area (Å²) in [5.74, 6) is -0.878. The third-order valence-electron chi connectivity index (χ3n) is 6.49. The fraction of sp³-hybridized carbons (Fsp3) is 0.440. The van der Waals surface area contributed by atoms with Crippen LogP contribution in [0.3, 0.4) is 0 Å². The number of sulfonamides is 2. The molecule has 2 aromatic rings. The predicted octanol–water partition coefficient (Wildman–Crippen LogP) is 1.30. The predicted molar refractivity (Wildman–Crippen MR) is 142 cm³/mol. The van der Waals surface area contributed by atoms with Crippen LogP contribution in [0.5, 0.6) is 17.2 Å². The molecule has 40 heavy (non-hydrogen) atoms. The molecule has 0 aromatic heterocycles. The fourth-order valence-electron chi connectivity index (χ4n) is 4.27. The molecule has 218 valence electrons. The summed E-state index contributed by atoms with van der Waals surface area (Å²) in [6, 6.07) is 8.58. The van der Waals surface area contributed by atoms with Gasteiger partial charge in [0, 0.05) is 38.9 Å². The van der Waals surface area contributed by atoms with E-state index in [-0.39, 0.29) is 47.2 Å². The van der Waals surface area contributed by atoms with E-state index in [0.717, 1.165) is 4.31 Å². The van der Waals surface area contributed by atoms with Crippen LogP contribution in [0.4, 0.5) is 5.69 Å². The molecule has 1 fully saturated rings. The maximum absolute atomic E-state index is 13.1. The van der Waals surface area contributed by atoms with E-state index >= 15 is 0 Å². The number of ether oxygens (including phenoxy) is 4. The lowest BCUT2D eigenvalue weighted by Crippen LogP contribution is -2.41. The Morgan fingerprint density at radius 3 is 2.33 bits per heavy atom. The smallest absolute Gasteiger partial charge is 0.309 e. The number of methoxy groups -OCH3 is 1. The number of rotatable bonds is 9. The zero-order chi connectivity index (χ0) is 29.1. The average Bonchev–Trinajstić information content (AvgIpc) is 2.95. The van der Waals surface area contributed by atoms with Crippen LogP contribution in [0.1, 0.15) is 12.8 Å². The van der Waals surface area contributed by atoms with Crippen LogP contribution in [-0.4, -0.2) is 91.4 Å². The Hall–Kier alpha value is -3.40. The number of nitrogens with zero attached hydrogens (tertiary/aromatic N) is 2. The molecule has 1 saturated heterocycles. The van der Waals surface area contributed by atoms with Crippen LogP contribution in [0.2, 0.25) is 0 Å². The zero-order valence-electron chi connectivity index (χ0n) is 22.3. The summed E-state index contributed by atoms with van der Waals surface area (Å²) in [5, 5.41) is 2.51. The Labute approximate surface area is 233 Å². The van der Waals surface area contributed by atoms with Gasteiger partial charge in [0.1, 0.15) is 23.9 Å². The number of nitrogens with one attached hydrogen (secondary N) is 1. The van der Waals surface area contributed by atoms with E-state index in [1.165, 1.54) is 55.8 Å². The molecule has 2 heterocycles. The van der Waals surface area contributed by atoms with Crippen molar-refractivity contribution in [2.24, 2.45) is 5.92 Å². The maximum atomic E-state index is 13.1. The van der Waals surface area contributed by atoms with Crippen LogP contribution in [0, 0.1) is 5.92 Å². The molecule has 0 bridgehead atoms. The molecule has 0 aliphatic carbocycles. The summed E-state index contributed by atoms with van der Waals surface area (Å²) in [4.78, 5) is 24.9. The number of fused-ring (bicyclic) bond motifs is 1. The zero-order valence-corrected chi connectivity index (χ0v) is 23.9. The summed E-state index contributed by atoms with van der Waals surface area (Å²) in [6.45, 7) is 0.362. The van der Waals surface area contributed by atoms with Gasteiger partial charge in [0.25, 0.3) is 5.91 Å². The van der Waals surface area contributed by atoms with Crippen molar-refractivity contribution >= 4 is 37.6 Å². The van der Waals surface area contributed by atoms with Gasteiger partial charge in [-0.3, -0.25) is 9.59 Å². The molecule has 0 radical (unpaired) electrons. The molecule has 2 aliphatic heterocycles. The van der Waals surface area contributed by atoms with E-state index in [9.17, 15) is 26.4 Å². The van der Waals surface area contributed by atoms with Gasteiger partial charge in [-0.1, -0.05) is 0 Å². The number of hydrogen-bond donors (Lipinski definition) is 1. The van der Waals surface area contributed by atoms with Crippen molar-refractivity contribution < 1.29 is 45.4 Å². The average molecular weight is 598 g/mol. The van der Waals surface area contributed by atoms with Crippen LogP contribution < -0.4 is 19.5 Å². The third-order valence-corrected chi connectivity index (χ3v) is 10.2. The molecule has 0 unspecified atom stereocenters. The van der Waals surface area contributed by atoms with Gasteiger partial charge in [0.05, 0.1) is 17.9 Å². The monoisotopic (exact) mass is 597 g/mol. The fourth-order valence-corrected chi connectivity index (χ4v) is 6.83. The first-order valence-corrected chi connectivity index (χ1v) is 15.3. The van der Waals surface area contributed by atoms with Gasteiger partial charge in [-0.15, -0.1) is 0 Å². The first-order valence-electron chi connectivity index (χ1n) is 12.4. The molecule has 0 saturated carbocycles. The first-order chi connectivity index (χ1) is 18.9. The van der Waals surface area contributed by atoms with Gasteiger partial charge < -0.3 is 24.3 Å². The summed E-state index contributed by atoms with van der Waals surface area (Å²) in [6.07, 6.45) is 0.461. The summed E-state index contributed by atoms with van der Waals surface area (Å²) in [7, 11) is -3.57. The standard InChI is InChI=1S/C25H31N3O10S2/c1-27(2)40(33,34)23-14-18(4-6-21(23)35-3)26-24(29)16-38-25(30)17-8-10-28(11-9-17)39(31,32)19-5-7-20-22(15-19)37-13-12-36-20/h4-7,14-15,17H,8-13,16H2,1-3H3,(H,26,29). The second-order valence-corrected chi connectivity index (χ2v) is 13.4. The van der Waals surface area contributed by atoms with Crippen molar-refractivity contribution in [3.8, 4) is 17.2 Å². The van der Waals surface area contributed by atoms with E-state index in [0.29, 0.717) is 24.7 Å². The molecule has 4 rings (SSSR count). The minimum Gasteiger partial charge on any atom is -0.495 e. The van der Waals surface area contributed by atoms with Gasteiger partial charge in [-0.2, -0.15) is 4.31 Å². The topological polar surface area (TPSA) is 158 Å². The minimum atomic E-state index is -3.84. The molecule has 13 nitrogen and oxygen atoms in total. The van der Waals surface area contributed by atoms with Crippen molar-refractivity contribution in [1.82, 2.24) is 8.61 Å². The largest absolute Gasteiger partial charge is 0.495 e. The number of benzene rings is 2. The summed E-state index contributed by atoms with van der Waals surface area (Å²) in [5.41, 5.74) is 0.180. The number of piperidine rings is 1. The molecule has 1 amide bonds. The van der Waals surface area contributed by atoms with Crippen molar-refractivity contribution in [3.05, 3.63) is 36.4 Å². The lowest BCUT2D eigenvalue weighted by atomic mass is 9.98. The Morgan fingerprint density at radius 2 is 1.68 bits per heavy atom. The molecule has 2 aromatic carbocycles. The van der Waals surface area contributed by atoms with Gasteiger partial charge in [0.2, 0.25) is 20.0 Å². The Balaban J connectivity index is 1.30. The SMILES string of the molecule is COc1ccc(NC(=O)COC(=O)C2CCN(S(=O)(=O)c3ccc4c(c3)OCCO4)CC2)cc1S(=O)(=O)N(C)C. The molecule has 1 N–H and O–H groups in total. The molecule has 0 atom stereocenters. The van der Waals surface area contributed by atoms with Crippen molar-refractivity contribution in [1.29, 1.82) is 0 Å². The first kappa shape index (κ1) is 29.6. The summed E-state index contributed by atoms with van der Waals surface area (Å²) >= 11 is 0. The third kappa shape index (κ3) is 6.32. The quantitative estimate of drug-likeness (QED) is 0.418.